The smallest absolute Gasteiger partial charge is 0.253 e. The summed E-state index contributed by atoms with van der Waals surface area (Å²) in [6.07, 6.45) is 4.53. The third-order valence-corrected chi connectivity index (χ3v) is 4.14. The molecule has 1 amide bonds. The number of aliphatic hydroxyl groups is 1. The molecule has 0 atom stereocenters. The molecular weight excluding hydrogens is 280 g/mol. The van der Waals surface area contributed by atoms with E-state index in [0.29, 0.717) is 17.0 Å². The van der Waals surface area contributed by atoms with Crippen LogP contribution in [0.15, 0.2) is 34.9 Å². The molecule has 1 aliphatic carbocycles. The third-order valence-electron chi connectivity index (χ3n) is 4.14. The van der Waals surface area contributed by atoms with Crippen LogP contribution in [-0.2, 0) is 0 Å². The standard InChI is InChI=1S/C17H20N2O3/c1-11-14(8-9-15(18-11)16-3-2-10-22-16)17(21)19-12-4-6-13(20)7-5-12/h2-3,8-10,12-13,20H,4-7H2,1H3,(H,19,21). The molecule has 0 radical (unpaired) electrons. The van der Waals surface area contributed by atoms with Crippen molar-refractivity contribution in [1.29, 1.82) is 0 Å². The van der Waals surface area contributed by atoms with E-state index in [1.54, 1.807) is 18.4 Å². The highest BCUT2D eigenvalue weighted by Gasteiger charge is 2.22. The number of pyridine rings is 1. The number of carbonyl (C=O) groups excluding carboxylic acids is 1. The lowest BCUT2D eigenvalue weighted by molar-refractivity contribution is 0.0866. The number of aromatic nitrogens is 1. The summed E-state index contributed by atoms with van der Waals surface area (Å²) in [6, 6.07) is 7.37. The highest BCUT2D eigenvalue weighted by atomic mass is 16.3. The highest BCUT2D eigenvalue weighted by Crippen LogP contribution is 2.21. The van der Waals surface area contributed by atoms with Crippen molar-refractivity contribution in [3.8, 4) is 11.5 Å². The number of rotatable bonds is 3. The van der Waals surface area contributed by atoms with E-state index in [1.807, 2.05) is 19.1 Å². The summed E-state index contributed by atoms with van der Waals surface area (Å²) in [5.41, 5.74) is 1.99. The van der Waals surface area contributed by atoms with E-state index in [2.05, 4.69) is 10.3 Å². The normalized spacial score (nSPS) is 21.5. The van der Waals surface area contributed by atoms with Gasteiger partial charge in [-0.25, -0.2) is 4.98 Å². The van der Waals surface area contributed by atoms with Crippen LogP contribution in [-0.4, -0.2) is 28.1 Å². The Morgan fingerprint density at radius 1 is 1.27 bits per heavy atom. The average Bonchev–Trinajstić information content (AvgIpc) is 3.03. The lowest BCUT2D eigenvalue weighted by Gasteiger charge is -2.26. The van der Waals surface area contributed by atoms with Crippen LogP contribution in [0.2, 0.25) is 0 Å². The number of nitrogens with zero attached hydrogens (tertiary/aromatic N) is 1. The molecule has 22 heavy (non-hydrogen) atoms. The second kappa shape index (κ2) is 6.32. The van der Waals surface area contributed by atoms with Crippen molar-refractivity contribution in [1.82, 2.24) is 10.3 Å². The lowest BCUT2D eigenvalue weighted by atomic mass is 9.93. The number of amides is 1. The first-order chi connectivity index (χ1) is 10.6. The average molecular weight is 300 g/mol. The Hall–Kier alpha value is -2.14. The minimum Gasteiger partial charge on any atom is -0.463 e. The van der Waals surface area contributed by atoms with Gasteiger partial charge in [-0.3, -0.25) is 4.79 Å². The largest absolute Gasteiger partial charge is 0.463 e. The topological polar surface area (TPSA) is 75.4 Å². The van der Waals surface area contributed by atoms with Gasteiger partial charge < -0.3 is 14.8 Å². The summed E-state index contributed by atoms with van der Waals surface area (Å²) in [5, 5.41) is 12.5. The number of nitrogens with one attached hydrogen (secondary N) is 1. The quantitative estimate of drug-likeness (QED) is 0.914. The van der Waals surface area contributed by atoms with Gasteiger partial charge in [-0.2, -0.15) is 0 Å². The zero-order chi connectivity index (χ0) is 15.5. The number of hydrogen-bond acceptors (Lipinski definition) is 4. The van der Waals surface area contributed by atoms with Gasteiger partial charge in [0.2, 0.25) is 0 Å². The molecule has 2 heterocycles. The lowest BCUT2D eigenvalue weighted by Crippen LogP contribution is -2.38. The maximum absolute atomic E-state index is 12.4. The molecule has 5 nitrogen and oxygen atoms in total. The van der Waals surface area contributed by atoms with Crippen molar-refractivity contribution >= 4 is 5.91 Å². The first kappa shape index (κ1) is 14.8. The zero-order valence-corrected chi connectivity index (χ0v) is 12.6. The van der Waals surface area contributed by atoms with Crippen LogP contribution in [0.5, 0.6) is 0 Å². The predicted molar refractivity (Wildman–Crippen MR) is 82.4 cm³/mol. The molecule has 0 saturated heterocycles. The maximum atomic E-state index is 12.4. The molecule has 1 fully saturated rings. The summed E-state index contributed by atoms with van der Waals surface area (Å²) in [5.74, 6) is 0.591. The van der Waals surface area contributed by atoms with Crippen LogP contribution in [0.3, 0.4) is 0 Å². The van der Waals surface area contributed by atoms with Crippen LogP contribution in [0.25, 0.3) is 11.5 Å². The van der Waals surface area contributed by atoms with Gasteiger partial charge in [0.1, 0.15) is 5.69 Å². The molecule has 5 heteroatoms. The molecule has 2 aromatic rings. The van der Waals surface area contributed by atoms with Gasteiger partial charge in [0.25, 0.3) is 5.91 Å². The first-order valence-corrected chi connectivity index (χ1v) is 7.64. The maximum Gasteiger partial charge on any atom is 0.253 e. The Labute approximate surface area is 129 Å². The molecule has 0 spiro atoms. The van der Waals surface area contributed by atoms with E-state index in [-0.39, 0.29) is 18.1 Å². The summed E-state index contributed by atoms with van der Waals surface area (Å²) in [7, 11) is 0. The highest BCUT2D eigenvalue weighted by molar-refractivity contribution is 5.95. The predicted octanol–water partition coefficient (Wildman–Crippen LogP) is 2.68. The van der Waals surface area contributed by atoms with Gasteiger partial charge >= 0.3 is 0 Å². The van der Waals surface area contributed by atoms with Crippen LogP contribution >= 0.6 is 0 Å². The summed E-state index contributed by atoms with van der Waals surface area (Å²) in [4.78, 5) is 16.8. The van der Waals surface area contributed by atoms with Gasteiger partial charge in [0.15, 0.2) is 5.76 Å². The van der Waals surface area contributed by atoms with Crippen molar-refractivity contribution in [3.05, 3.63) is 41.8 Å². The van der Waals surface area contributed by atoms with Crippen molar-refractivity contribution in [2.24, 2.45) is 0 Å². The van der Waals surface area contributed by atoms with Crippen molar-refractivity contribution in [2.75, 3.05) is 0 Å². The molecule has 2 aromatic heterocycles. The van der Waals surface area contributed by atoms with Crippen molar-refractivity contribution in [2.45, 2.75) is 44.8 Å². The van der Waals surface area contributed by atoms with Gasteiger partial charge in [-0.1, -0.05) is 0 Å². The second-order valence-electron chi connectivity index (χ2n) is 5.79. The molecule has 116 valence electrons. The Kier molecular flexibility index (Phi) is 4.24. The summed E-state index contributed by atoms with van der Waals surface area (Å²) >= 11 is 0. The summed E-state index contributed by atoms with van der Waals surface area (Å²) < 4.78 is 5.32. The fraction of sp³-hybridized carbons (Fsp3) is 0.412. The van der Waals surface area contributed by atoms with E-state index >= 15 is 0 Å². The third kappa shape index (κ3) is 3.20. The first-order valence-electron chi connectivity index (χ1n) is 7.64. The zero-order valence-electron chi connectivity index (χ0n) is 12.6. The Balaban J connectivity index is 1.70. The number of aliphatic hydroxyl groups excluding tert-OH is 1. The number of hydrogen-bond donors (Lipinski definition) is 2. The van der Waals surface area contributed by atoms with Crippen LogP contribution < -0.4 is 5.32 Å². The molecule has 0 unspecified atom stereocenters. The minimum absolute atomic E-state index is 0.0996. The fourth-order valence-corrected chi connectivity index (χ4v) is 2.85. The number of carbonyl (C=O) groups is 1. The SMILES string of the molecule is Cc1nc(-c2ccco2)ccc1C(=O)NC1CCC(O)CC1. The van der Waals surface area contributed by atoms with Gasteiger partial charge in [0, 0.05) is 6.04 Å². The Bertz CT molecular complexity index is 644. The molecule has 1 aliphatic rings. The van der Waals surface area contributed by atoms with Crippen molar-refractivity contribution < 1.29 is 14.3 Å². The fourth-order valence-electron chi connectivity index (χ4n) is 2.85. The summed E-state index contributed by atoms with van der Waals surface area (Å²) in [6.45, 7) is 1.83. The molecule has 0 bridgehead atoms. The minimum atomic E-state index is -0.218. The monoisotopic (exact) mass is 300 g/mol. The number of furan rings is 1. The van der Waals surface area contributed by atoms with E-state index in [1.165, 1.54) is 0 Å². The van der Waals surface area contributed by atoms with E-state index in [4.69, 9.17) is 4.42 Å². The molecular formula is C17H20N2O3. The molecule has 3 rings (SSSR count). The van der Waals surface area contributed by atoms with Crippen molar-refractivity contribution in [3.63, 3.8) is 0 Å². The second-order valence-corrected chi connectivity index (χ2v) is 5.79. The van der Waals surface area contributed by atoms with Gasteiger partial charge in [-0.15, -0.1) is 0 Å². The van der Waals surface area contributed by atoms with Gasteiger partial charge in [0.05, 0.1) is 23.6 Å². The van der Waals surface area contributed by atoms with E-state index in [0.717, 1.165) is 31.4 Å². The van der Waals surface area contributed by atoms with Crippen LogP contribution in [0.1, 0.15) is 41.7 Å². The van der Waals surface area contributed by atoms with E-state index < -0.39 is 0 Å². The molecule has 1 saturated carbocycles. The van der Waals surface area contributed by atoms with Gasteiger partial charge in [-0.05, 0) is 56.9 Å². The molecule has 0 aromatic carbocycles. The Morgan fingerprint density at radius 2 is 2.05 bits per heavy atom. The number of aryl methyl sites for hydroxylation is 1. The molecule has 2 N–H and O–H groups in total. The molecule has 0 aliphatic heterocycles. The Morgan fingerprint density at radius 3 is 2.68 bits per heavy atom. The van der Waals surface area contributed by atoms with Crippen LogP contribution in [0.4, 0.5) is 0 Å². The van der Waals surface area contributed by atoms with E-state index in [9.17, 15) is 9.90 Å². The van der Waals surface area contributed by atoms with Crippen LogP contribution in [0, 0.1) is 6.92 Å².